The molecule has 0 saturated carbocycles. The summed E-state index contributed by atoms with van der Waals surface area (Å²) in [4.78, 5) is 11.9. The van der Waals surface area contributed by atoms with Crippen molar-refractivity contribution in [2.24, 2.45) is 0 Å². The molecule has 5 atom stereocenters. The molecule has 1 aliphatic rings. The Morgan fingerprint density at radius 3 is 2.90 bits per heavy atom. The molecule has 10 heteroatoms. The topological polar surface area (TPSA) is 117 Å². The van der Waals surface area contributed by atoms with Crippen LogP contribution in [0, 0.1) is 0 Å². The molecule has 0 saturated heterocycles. The van der Waals surface area contributed by atoms with Crippen LogP contribution in [-0.2, 0) is 9.53 Å². The van der Waals surface area contributed by atoms with E-state index in [1.807, 2.05) is 29.8 Å². The lowest BCUT2D eigenvalue weighted by Crippen LogP contribution is -2.57. The molecule has 0 radical (unpaired) electrons. The SMILES string of the molecule is CC(=O)N[C@H]1[C@H]([C@H](O)[C@H](O)CO)OC(C)=C[C@@H]1n1cc2c(cc(Br)c3sccc32)n1. The Hall–Kier alpha value is -1.98. The van der Waals surface area contributed by atoms with Crippen LogP contribution >= 0.6 is 27.3 Å². The summed E-state index contributed by atoms with van der Waals surface area (Å²) in [5.41, 5.74) is 0.791. The quantitative estimate of drug-likeness (QED) is 0.430. The number of aromatic nitrogens is 2. The van der Waals surface area contributed by atoms with Gasteiger partial charge in [-0.3, -0.25) is 9.48 Å². The lowest BCUT2D eigenvalue weighted by atomic mass is 9.92. The number of allylic oxidation sites excluding steroid dienone is 1. The maximum atomic E-state index is 11.9. The van der Waals surface area contributed by atoms with Gasteiger partial charge in [-0.1, -0.05) is 0 Å². The summed E-state index contributed by atoms with van der Waals surface area (Å²) in [6, 6.07) is 2.82. The van der Waals surface area contributed by atoms with E-state index in [1.54, 1.807) is 22.9 Å². The van der Waals surface area contributed by atoms with E-state index in [-0.39, 0.29) is 5.91 Å². The highest BCUT2D eigenvalue weighted by molar-refractivity contribution is 9.10. The largest absolute Gasteiger partial charge is 0.490 e. The van der Waals surface area contributed by atoms with Gasteiger partial charge in [-0.25, -0.2) is 0 Å². The summed E-state index contributed by atoms with van der Waals surface area (Å²) >= 11 is 5.23. The molecule has 0 fully saturated rings. The van der Waals surface area contributed by atoms with Crippen LogP contribution in [0.4, 0.5) is 0 Å². The molecule has 0 bridgehead atoms. The normalized spacial score (nSPS) is 23.8. The number of hydrogen-bond acceptors (Lipinski definition) is 7. The maximum Gasteiger partial charge on any atom is 0.217 e. The van der Waals surface area contributed by atoms with Gasteiger partial charge in [-0.05, 0) is 46.4 Å². The smallest absolute Gasteiger partial charge is 0.217 e. The number of hydrogen-bond donors (Lipinski definition) is 4. The van der Waals surface area contributed by atoms with Crippen LogP contribution in [0.25, 0.3) is 21.0 Å². The molecule has 2 aromatic heterocycles. The molecule has 0 unspecified atom stereocenters. The second-order valence-electron chi connectivity index (χ2n) is 7.38. The minimum atomic E-state index is -1.41. The van der Waals surface area contributed by atoms with E-state index in [4.69, 9.17) is 9.84 Å². The molecule has 1 aromatic carbocycles. The molecule has 4 N–H and O–H groups in total. The van der Waals surface area contributed by atoms with Gasteiger partial charge in [0.05, 0.1) is 30.0 Å². The van der Waals surface area contributed by atoms with Crippen LogP contribution in [0.1, 0.15) is 19.9 Å². The molecule has 160 valence electrons. The van der Waals surface area contributed by atoms with E-state index in [2.05, 4.69) is 21.2 Å². The maximum absolute atomic E-state index is 11.9. The fraction of sp³-hybridized carbons (Fsp3) is 0.400. The van der Waals surface area contributed by atoms with Gasteiger partial charge in [0, 0.05) is 33.1 Å². The fourth-order valence-corrected chi connectivity index (χ4v) is 5.41. The first-order chi connectivity index (χ1) is 14.3. The number of fused-ring (bicyclic) bond motifs is 3. The molecule has 30 heavy (non-hydrogen) atoms. The number of carbonyl (C=O) groups is 1. The highest BCUT2D eigenvalue weighted by Gasteiger charge is 2.42. The Morgan fingerprint density at radius 1 is 1.43 bits per heavy atom. The number of thiophene rings is 1. The highest BCUT2D eigenvalue weighted by atomic mass is 79.9. The van der Waals surface area contributed by atoms with E-state index >= 15 is 0 Å². The molecule has 4 rings (SSSR count). The van der Waals surface area contributed by atoms with Crippen LogP contribution in [-0.4, -0.2) is 62.0 Å². The number of amides is 1. The predicted molar refractivity (Wildman–Crippen MR) is 117 cm³/mol. The van der Waals surface area contributed by atoms with Crippen LogP contribution in [0.15, 0.2) is 40.0 Å². The van der Waals surface area contributed by atoms with Gasteiger partial charge in [-0.15, -0.1) is 11.3 Å². The molecule has 3 heterocycles. The van der Waals surface area contributed by atoms with Gasteiger partial charge in [0.1, 0.15) is 18.3 Å². The van der Waals surface area contributed by atoms with E-state index in [0.29, 0.717) is 5.76 Å². The number of rotatable bonds is 5. The third-order valence-corrected chi connectivity index (χ3v) is 7.07. The number of carbonyl (C=O) groups excluding carboxylic acids is 1. The first-order valence-corrected chi connectivity index (χ1v) is 11.1. The van der Waals surface area contributed by atoms with Crippen LogP contribution in [0.5, 0.6) is 0 Å². The lowest BCUT2D eigenvalue weighted by Gasteiger charge is -2.40. The van der Waals surface area contributed by atoms with Gasteiger partial charge < -0.3 is 25.4 Å². The zero-order valence-corrected chi connectivity index (χ0v) is 18.7. The Labute approximate surface area is 184 Å². The van der Waals surface area contributed by atoms with Crippen molar-refractivity contribution in [3.8, 4) is 0 Å². The van der Waals surface area contributed by atoms with Crippen molar-refractivity contribution in [3.63, 3.8) is 0 Å². The first-order valence-electron chi connectivity index (χ1n) is 9.44. The number of nitrogens with zero attached hydrogens (tertiary/aromatic N) is 2. The number of aliphatic hydroxyl groups is 3. The summed E-state index contributed by atoms with van der Waals surface area (Å²) in [6.07, 6.45) is -0.0408. The van der Waals surface area contributed by atoms with Crippen molar-refractivity contribution in [2.75, 3.05) is 6.61 Å². The summed E-state index contributed by atoms with van der Waals surface area (Å²) in [6.45, 7) is 2.48. The summed E-state index contributed by atoms with van der Waals surface area (Å²) < 4.78 is 9.59. The molecular weight excluding hydrogens is 474 g/mol. The summed E-state index contributed by atoms with van der Waals surface area (Å²) in [5, 5.41) is 41.4. The second-order valence-corrected chi connectivity index (χ2v) is 9.15. The molecule has 3 aromatic rings. The minimum absolute atomic E-state index is 0.308. The molecular formula is C20H22BrN3O5S. The Balaban J connectivity index is 1.82. The fourth-order valence-electron chi connectivity index (χ4n) is 3.88. The van der Waals surface area contributed by atoms with E-state index in [9.17, 15) is 20.1 Å². The van der Waals surface area contributed by atoms with Gasteiger partial charge in [0.15, 0.2) is 0 Å². The van der Waals surface area contributed by atoms with Crippen LogP contribution in [0.2, 0.25) is 0 Å². The Morgan fingerprint density at radius 2 is 2.20 bits per heavy atom. The third-order valence-electron chi connectivity index (χ3n) is 5.24. The Kier molecular flexibility index (Phi) is 5.86. The van der Waals surface area contributed by atoms with Gasteiger partial charge in [0.25, 0.3) is 0 Å². The monoisotopic (exact) mass is 495 g/mol. The van der Waals surface area contributed by atoms with E-state index in [0.717, 1.165) is 25.5 Å². The zero-order chi connectivity index (χ0) is 21.6. The van der Waals surface area contributed by atoms with Crippen molar-refractivity contribution in [2.45, 2.75) is 44.2 Å². The number of nitrogens with one attached hydrogen (secondary N) is 1. The average molecular weight is 496 g/mol. The average Bonchev–Trinajstić information content (AvgIpc) is 3.34. The third kappa shape index (κ3) is 3.74. The molecule has 1 aliphatic heterocycles. The van der Waals surface area contributed by atoms with Crippen molar-refractivity contribution in [1.29, 1.82) is 0 Å². The standard InChI is InChI=1S/C20H22BrN3O5S/c1-9-5-15(17(22-10(2)26)19(29-9)18(28)16(27)8-25)24-7-12-11-3-4-30-20(11)13(21)6-14(12)23-24/h3-7,15-19,25,27-28H,8H2,1-2H3,(H,22,26)/t15-,16+,17+,18+,19+/m0/s1. The lowest BCUT2D eigenvalue weighted by molar-refractivity contribution is -0.127. The van der Waals surface area contributed by atoms with Crippen LogP contribution < -0.4 is 5.32 Å². The number of halogens is 1. The van der Waals surface area contributed by atoms with Crippen molar-refractivity contribution >= 4 is 54.2 Å². The zero-order valence-electron chi connectivity index (χ0n) is 16.3. The number of benzene rings is 1. The predicted octanol–water partition coefficient (Wildman–Crippen LogP) is 2.08. The molecule has 0 spiro atoms. The van der Waals surface area contributed by atoms with Gasteiger partial charge >= 0.3 is 0 Å². The van der Waals surface area contributed by atoms with Gasteiger partial charge in [-0.2, -0.15) is 5.10 Å². The molecule has 0 aliphatic carbocycles. The summed E-state index contributed by atoms with van der Waals surface area (Å²) in [5.74, 6) is 0.217. The van der Waals surface area contributed by atoms with Gasteiger partial charge in [0.2, 0.25) is 5.91 Å². The Bertz CT molecular complexity index is 1130. The van der Waals surface area contributed by atoms with E-state index in [1.165, 1.54) is 6.92 Å². The molecule has 8 nitrogen and oxygen atoms in total. The number of aliphatic hydroxyl groups excluding tert-OH is 3. The molecule has 1 amide bonds. The first kappa shape index (κ1) is 21.3. The highest BCUT2D eigenvalue weighted by Crippen LogP contribution is 2.37. The van der Waals surface area contributed by atoms with Crippen molar-refractivity contribution in [3.05, 3.63) is 40.0 Å². The van der Waals surface area contributed by atoms with Crippen LogP contribution in [0.3, 0.4) is 0 Å². The second kappa shape index (κ2) is 8.27. The number of ether oxygens (including phenoxy) is 1. The van der Waals surface area contributed by atoms with Crippen molar-refractivity contribution < 1.29 is 24.9 Å². The summed E-state index contributed by atoms with van der Waals surface area (Å²) in [7, 11) is 0. The van der Waals surface area contributed by atoms with E-state index < -0.39 is 37.0 Å². The minimum Gasteiger partial charge on any atom is -0.490 e. The van der Waals surface area contributed by atoms with Crippen molar-refractivity contribution in [1.82, 2.24) is 15.1 Å².